The summed E-state index contributed by atoms with van der Waals surface area (Å²) in [7, 11) is 0. The molecule has 0 saturated carbocycles. The first-order valence-corrected chi connectivity index (χ1v) is 15.6. The summed E-state index contributed by atoms with van der Waals surface area (Å²) in [6.07, 6.45) is 5.13. The Bertz CT molecular complexity index is 1770. The van der Waals surface area contributed by atoms with Gasteiger partial charge in [-0.15, -0.1) is 0 Å². The molecule has 1 aromatic heterocycles. The van der Waals surface area contributed by atoms with Crippen LogP contribution >= 0.6 is 11.6 Å². The minimum absolute atomic E-state index is 0.0510. The first kappa shape index (κ1) is 31.4. The Morgan fingerprint density at radius 2 is 1.98 bits per heavy atom. The van der Waals surface area contributed by atoms with Crippen molar-refractivity contribution < 1.29 is 28.8 Å². The predicted molar refractivity (Wildman–Crippen MR) is 173 cm³/mol. The molecule has 1 N–H and O–H groups in total. The minimum atomic E-state index is -0.231. The number of aromatic nitrogens is 1. The molecule has 9 nitrogen and oxygen atoms in total. The number of rotatable bonds is 11. The average Bonchev–Trinajstić information content (AvgIpc) is 3.51. The van der Waals surface area contributed by atoms with Gasteiger partial charge >= 0.3 is 0 Å². The van der Waals surface area contributed by atoms with Gasteiger partial charge in [0, 0.05) is 50.1 Å². The topological polar surface area (TPSA) is 114 Å². The van der Waals surface area contributed by atoms with Gasteiger partial charge in [0.15, 0.2) is 17.8 Å². The number of carbonyl (C=O) groups excluding carboxylic acids is 1. The van der Waals surface area contributed by atoms with E-state index < -0.39 is 0 Å². The first-order valence-electron chi connectivity index (χ1n) is 15.2. The number of likely N-dealkylation sites (tertiary alicyclic amines) is 1. The number of aldehydes is 1. The van der Waals surface area contributed by atoms with Crippen LogP contribution in [0, 0.1) is 18.3 Å². The van der Waals surface area contributed by atoms with Gasteiger partial charge in [-0.1, -0.05) is 35.9 Å². The monoisotopic (exact) mass is 639 g/mol. The summed E-state index contributed by atoms with van der Waals surface area (Å²) in [5, 5.41) is 19.2. The number of nitrogens with zero attached hydrogens (tertiary/aromatic N) is 3. The van der Waals surface area contributed by atoms with Gasteiger partial charge in [0.1, 0.15) is 43.5 Å². The lowest BCUT2D eigenvalue weighted by Crippen LogP contribution is -2.34. The molecule has 1 saturated heterocycles. The van der Waals surface area contributed by atoms with Crippen molar-refractivity contribution >= 4 is 17.9 Å². The highest BCUT2D eigenvalue weighted by molar-refractivity contribution is 6.32. The van der Waals surface area contributed by atoms with Crippen molar-refractivity contribution in [2.24, 2.45) is 0 Å². The van der Waals surface area contributed by atoms with E-state index in [1.807, 2.05) is 37.3 Å². The van der Waals surface area contributed by atoms with Crippen molar-refractivity contribution in [2.75, 3.05) is 26.2 Å². The second-order valence-corrected chi connectivity index (χ2v) is 12.0. The number of hydrogen-bond donors (Lipinski definition) is 1. The lowest BCUT2D eigenvalue weighted by molar-refractivity contribution is 0.0757. The van der Waals surface area contributed by atoms with E-state index in [-0.39, 0.29) is 31.0 Å². The van der Waals surface area contributed by atoms with Gasteiger partial charge in [-0.25, -0.2) is 0 Å². The Morgan fingerprint density at radius 3 is 2.78 bits per heavy atom. The fourth-order valence-electron chi connectivity index (χ4n) is 5.74. The zero-order chi connectivity index (χ0) is 32.0. The normalized spacial score (nSPS) is 17.3. The second-order valence-electron chi connectivity index (χ2n) is 11.5. The standard InChI is InChI=1S/C36H34ClN3O6/c1-23-27(21-44-35-14-34(28(19-41)12-32(35)37)43-20-25-11-24(15-38)16-39-17-25)3-2-4-31(23)26-5-6-33-36(13-26)46-30(22-45-33)8-10-40-9-7-29(42)18-40/h2-6,11-14,16-17,19,29-30,42H,7-10,18,20-22H2,1H3. The van der Waals surface area contributed by atoms with Gasteiger partial charge < -0.3 is 29.0 Å². The molecule has 2 aliphatic heterocycles. The Kier molecular flexibility index (Phi) is 9.69. The van der Waals surface area contributed by atoms with Crippen LogP contribution in [0.5, 0.6) is 23.0 Å². The number of halogens is 1. The van der Waals surface area contributed by atoms with Gasteiger partial charge in [0.2, 0.25) is 0 Å². The van der Waals surface area contributed by atoms with Crippen LogP contribution in [0.25, 0.3) is 11.1 Å². The van der Waals surface area contributed by atoms with Crippen molar-refractivity contribution in [1.29, 1.82) is 5.26 Å². The Labute approximate surface area is 272 Å². The molecule has 10 heteroatoms. The number of hydrogen-bond acceptors (Lipinski definition) is 9. The van der Waals surface area contributed by atoms with E-state index in [0.29, 0.717) is 40.5 Å². The molecular formula is C36H34ClN3O6. The highest BCUT2D eigenvalue weighted by atomic mass is 35.5. The fourth-order valence-corrected chi connectivity index (χ4v) is 5.97. The van der Waals surface area contributed by atoms with Gasteiger partial charge in [-0.2, -0.15) is 5.26 Å². The van der Waals surface area contributed by atoms with Gasteiger partial charge in [-0.05, 0) is 59.9 Å². The summed E-state index contributed by atoms with van der Waals surface area (Å²) in [4.78, 5) is 18.1. The lowest BCUT2D eigenvalue weighted by Gasteiger charge is -2.28. The summed E-state index contributed by atoms with van der Waals surface area (Å²) in [5.41, 5.74) is 5.46. The lowest BCUT2D eigenvalue weighted by atomic mass is 9.96. The van der Waals surface area contributed by atoms with Gasteiger partial charge in [0.05, 0.1) is 22.3 Å². The van der Waals surface area contributed by atoms with Gasteiger partial charge in [0.25, 0.3) is 0 Å². The quantitative estimate of drug-likeness (QED) is 0.193. The number of benzene rings is 3. The number of aliphatic hydroxyl groups is 1. The SMILES string of the molecule is Cc1c(COc2cc(OCc3cncc(C#N)c3)c(C=O)cc2Cl)cccc1-c1ccc2c(c1)OC(CCN1CCC(O)C1)CO2. The average molecular weight is 640 g/mol. The molecule has 0 bridgehead atoms. The maximum Gasteiger partial charge on any atom is 0.162 e. The third kappa shape index (κ3) is 7.26. The molecular weight excluding hydrogens is 606 g/mol. The molecule has 0 spiro atoms. The highest BCUT2D eigenvalue weighted by Gasteiger charge is 2.25. The van der Waals surface area contributed by atoms with Crippen molar-refractivity contribution in [3.8, 4) is 40.2 Å². The van der Waals surface area contributed by atoms with Crippen molar-refractivity contribution in [1.82, 2.24) is 9.88 Å². The van der Waals surface area contributed by atoms with Crippen LogP contribution in [0.2, 0.25) is 5.02 Å². The minimum Gasteiger partial charge on any atom is -0.488 e. The van der Waals surface area contributed by atoms with E-state index in [4.69, 9.17) is 35.8 Å². The van der Waals surface area contributed by atoms with E-state index in [9.17, 15) is 9.90 Å². The molecule has 0 radical (unpaired) electrons. The van der Waals surface area contributed by atoms with Gasteiger partial charge in [-0.3, -0.25) is 9.78 Å². The Hall–Kier alpha value is -4.62. The summed E-state index contributed by atoms with van der Waals surface area (Å²) in [5.74, 6) is 2.15. The summed E-state index contributed by atoms with van der Waals surface area (Å²) in [6.45, 7) is 5.41. The van der Waals surface area contributed by atoms with E-state index in [2.05, 4.69) is 22.0 Å². The second kappa shape index (κ2) is 14.2. The number of fused-ring (bicyclic) bond motifs is 1. The summed E-state index contributed by atoms with van der Waals surface area (Å²) in [6, 6.07) is 18.9. The van der Waals surface area contributed by atoms with E-state index >= 15 is 0 Å². The highest BCUT2D eigenvalue weighted by Crippen LogP contribution is 2.38. The van der Waals surface area contributed by atoms with Crippen LogP contribution in [0.1, 0.15) is 45.5 Å². The van der Waals surface area contributed by atoms with Crippen LogP contribution in [0.15, 0.2) is 67.0 Å². The Balaban J connectivity index is 1.14. The molecule has 2 unspecified atom stereocenters. The maximum atomic E-state index is 11.7. The zero-order valence-corrected chi connectivity index (χ0v) is 26.2. The maximum absolute atomic E-state index is 11.7. The van der Waals surface area contributed by atoms with Crippen molar-refractivity contribution in [3.63, 3.8) is 0 Å². The number of aliphatic hydroxyl groups excluding tert-OH is 1. The molecule has 0 aliphatic carbocycles. The molecule has 1 fully saturated rings. The molecule has 236 valence electrons. The van der Waals surface area contributed by atoms with Crippen LogP contribution in [-0.2, 0) is 13.2 Å². The summed E-state index contributed by atoms with van der Waals surface area (Å²) >= 11 is 6.49. The van der Waals surface area contributed by atoms with Crippen LogP contribution in [0.3, 0.4) is 0 Å². The van der Waals surface area contributed by atoms with Crippen molar-refractivity contribution in [3.05, 3.63) is 99.8 Å². The molecule has 4 aromatic rings. The molecule has 6 rings (SSSR count). The van der Waals surface area contributed by atoms with E-state index in [1.54, 1.807) is 18.3 Å². The van der Waals surface area contributed by atoms with E-state index in [1.165, 1.54) is 12.3 Å². The number of carbonyl (C=O) groups is 1. The number of pyridine rings is 1. The molecule has 3 heterocycles. The smallest absolute Gasteiger partial charge is 0.162 e. The number of nitriles is 1. The summed E-state index contributed by atoms with van der Waals surface area (Å²) < 4.78 is 24.4. The van der Waals surface area contributed by atoms with Crippen LogP contribution < -0.4 is 18.9 Å². The third-order valence-electron chi connectivity index (χ3n) is 8.33. The molecule has 2 aliphatic rings. The first-order chi connectivity index (χ1) is 22.4. The Morgan fingerprint density at radius 1 is 1.11 bits per heavy atom. The number of β-amino-alcohol motifs (C(OH)–C–C–N with tert-alkyl or cyclic N) is 1. The van der Waals surface area contributed by atoms with Crippen LogP contribution in [0.4, 0.5) is 0 Å². The zero-order valence-electron chi connectivity index (χ0n) is 25.4. The van der Waals surface area contributed by atoms with Crippen molar-refractivity contribution in [2.45, 2.75) is 45.2 Å². The number of ether oxygens (including phenoxy) is 4. The predicted octanol–water partition coefficient (Wildman–Crippen LogP) is 6.15. The molecule has 46 heavy (non-hydrogen) atoms. The molecule has 3 aromatic carbocycles. The third-order valence-corrected chi connectivity index (χ3v) is 8.62. The van der Waals surface area contributed by atoms with Crippen LogP contribution in [-0.4, -0.2) is 59.7 Å². The largest absolute Gasteiger partial charge is 0.488 e. The molecule has 0 amide bonds. The molecule has 2 atom stereocenters. The van der Waals surface area contributed by atoms with E-state index in [0.717, 1.165) is 66.2 Å². The fraction of sp³-hybridized carbons (Fsp3) is 0.306.